The molecule has 2 rings (SSSR count). The second-order valence-corrected chi connectivity index (χ2v) is 5.59. The Morgan fingerprint density at radius 2 is 2.32 bits per heavy atom. The van der Waals surface area contributed by atoms with Crippen molar-refractivity contribution in [1.29, 1.82) is 0 Å². The zero-order valence-electron chi connectivity index (χ0n) is 10.6. The summed E-state index contributed by atoms with van der Waals surface area (Å²) in [6.45, 7) is 0.772. The summed E-state index contributed by atoms with van der Waals surface area (Å²) in [5.74, 6) is 0.519. The molecule has 1 aromatic rings. The van der Waals surface area contributed by atoms with Gasteiger partial charge < -0.3 is 20.9 Å². The molecule has 1 fully saturated rings. The van der Waals surface area contributed by atoms with Crippen LogP contribution in [-0.2, 0) is 4.79 Å². The van der Waals surface area contributed by atoms with Gasteiger partial charge in [-0.05, 0) is 58.9 Å². The highest BCUT2D eigenvalue weighted by molar-refractivity contribution is 9.10. The number of primary amides is 1. The maximum Gasteiger partial charge on any atom is 0.239 e. The number of nitrogens with two attached hydrogens (primary N) is 1. The molecule has 0 radical (unpaired) electrons. The number of hydrogen-bond acceptors (Lipinski definition) is 4. The SMILES string of the molecule is COc1cc(C(NCC2CC2)C(N)=O)cc(Br)c1O. The van der Waals surface area contributed by atoms with E-state index in [1.807, 2.05) is 0 Å². The zero-order chi connectivity index (χ0) is 14.0. The smallest absolute Gasteiger partial charge is 0.239 e. The molecular formula is C13H17BrN2O3. The fourth-order valence-corrected chi connectivity index (χ4v) is 2.36. The van der Waals surface area contributed by atoms with Crippen molar-refractivity contribution in [1.82, 2.24) is 5.32 Å². The van der Waals surface area contributed by atoms with Gasteiger partial charge in [-0.25, -0.2) is 0 Å². The number of amides is 1. The highest BCUT2D eigenvalue weighted by atomic mass is 79.9. The van der Waals surface area contributed by atoms with E-state index in [0.717, 1.165) is 6.54 Å². The predicted octanol–water partition coefficient (Wildman–Crippen LogP) is 1.69. The topological polar surface area (TPSA) is 84.6 Å². The van der Waals surface area contributed by atoms with Crippen molar-refractivity contribution in [2.75, 3.05) is 13.7 Å². The van der Waals surface area contributed by atoms with Crippen molar-refractivity contribution in [3.63, 3.8) is 0 Å². The number of hydrogen-bond donors (Lipinski definition) is 3. The van der Waals surface area contributed by atoms with Crippen molar-refractivity contribution < 1.29 is 14.6 Å². The summed E-state index contributed by atoms with van der Waals surface area (Å²) in [6, 6.07) is 2.72. The van der Waals surface area contributed by atoms with E-state index in [-0.39, 0.29) is 5.75 Å². The molecule has 5 nitrogen and oxygen atoms in total. The minimum Gasteiger partial charge on any atom is -0.503 e. The van der Waals surface area contributed by atoms with Crippen LogP contribution in [-0.4, -0.2) is 24.7 Å². The Labute approximate surface area is 120 Å². The predicted molar refractivity (Wildman–Crippen MR) is 75.0 cm³/mol. The van der Waals surface area contributed by atoms with Gasteiger partial charge in [0.25, 0.3) is 0 Å². The second kappa shape index (κ2) is 5.79. The van der Waals surface area contributed by atoms with E-state index >= 15 is 0 Å². The van der Waals surface area contributed by atoms with Gasteiger partial charge in [0.1, 0.15) is 6.04 Å². The Balaban J connectivity index is 2.24. The van der Waals surface area contributed by atoms with E-state index in [1.165, 1.54) is 20.0 Å². The van der Waals surface area contributed by atoms with Gasteiger partial charge in [-0.3, -0.25) is 4.79 Å². The first-order valence-electron chi connectivity index (χ1n) is 6.12. The molecule has 1 aromatic carbocycles. The minimum absolute atomic E-state index is 0.0108. The number of ether oxygens (including phenoxy) is 1. The Morgan fingerprint density at radius 1 is 1.63 bits per heavy atom. The van der Waals surface area contributed by atoms with Crippen LogP contribution in [0.5, 0.6) is 11.5 Å². The van der Waals surface area contributed by atoms with E-state index in [0.29, 0.717) is 21.7 Å². The van der Waals surface area contributed by atoms with Crippen LogP contribution in [0.1, 0.15) is 24.4 Å². The number of nitrogens with one attached hydrogen (secondary N) is 1. The maximum absolute atomic E-state index is 11.6. The summed E-state index contributed by atoms with van der Waals surface area (Å²) < 4.78 is 5.55. The number of carbonyl (C=O) groups is 1. The molecule has 1 aliphatic rings. The van der Waals surface area contributed by atoms with Crippen LogP contribution < -0.4 is 15.8 Å². The molecule has 1 atom stereocenters. The number of methoxy groups -OCH3 is 1. The third-order valence-corrected chi connectivity index (χ3v) is 3.80. The molecule has 1 unspecified atom stereocenters. The lowest BCUT2D eigenvalue weighted by Gasteiger charge is -2.17. The number of halogens is 1. The van der Waals surface area contributed by atoms with Crippen molar-refractivity contribution in [2.45, 2.75) is 18.9 Å². The first-order chi connectivity index (χ1) is 9.02. The Bertz CT molecular complexity index is 489. The Morgan fingerprint density at radius 3 is 2.84 bits per heavy atom. The summed E-state index contributed by atoms with van der Waals surface area (Å²) in [5, 5.41) is 12.9. The average Bonchev–Trinajstić information content (AvgIpc) is 3.17. The first-order valence-corrected chi connectivity index (χ1v) is 6.91. The van der Waals surface area contributed by atoms with Crippen LogP contribution in [0, 0.1) is 5.92 Å². The van der Waals surface area contributed by atoms with Gasteiger partial charge in [-0.15, -0.1) is 0 Å². The third kappa shape index (κ3) is 3.39. The molecule has 0 heterocycles. The lowest BCUT2D eigenvalue weighted by atomic mass is 10.1. The number of phenols is 1. The fourth-order valence-electron chi connectivity index (χ4n) is 1.91. The quantitative estimate of drug-likeness (QED) is 0.741. The number of carbonyl (C=O) groups excluding carboxylic acids is 1. The van der Waals surface area contributed by atoms with Gasteiger partial charge in [-0.1, -0.05) is 0 Å². The van der Waals surface area contributed by atoms with Gasteiger partial charge in [-0.2, -0.15) is 0 Å². The molecule has 6 heteroatoms. The van der Waals surface area contributed by atoms with Crippen LogP contribution in [0.4, 0.5) is 0 Å². The molecular weight excluding hydrogens is 312 g/mol. The van der Waals surface area contributed by atoms with Crippen molar-refractivity contribution in [3.8, 4) is 11.5 Å². The highest BCUT2D eigenvalue weighted by Gasteiger charge is 2.26. The summed E-state index contributed by atoms with van der Waals surface area (Å²) in [6.07, 6.45) is 2.39. The lowest BCUT2D eigenvalue weighted by molar-refractivity contribution is -0.120. The molecule has 4 N–H and O–H groups in total. The first kappa shape index (κ1) is 14.1. The molecule has 0 bridgehead atoms. The molecule has 0 spiro atoms. The normalized spacial score (nSPS) is 16.1. The summed E-state index contributed by atoms with van der Waals surface area (Å²) in [7, 11) is 1.46. The summed E-state index contributed by atoms with van der Waals surface area (Å²) >= 11 is 3.24. The monoisotopic (exact) mass is 328 g/mol. The second-order valence-electron chi connectivity index (χ2n) is 4.74. The maximum atomic E-state index is 11.6. The van der Waals surface area contributed by atoms with Crippen molar-refractivity contribution >= 4 is 21.8 Å². The molecule has 19 heavy (non-hydrogen) atoms. The minimum atomic E-state index is -0.577. The third-order valence-electron chi connectivity index (χ3n) is 3.20. The van der Waals surface area contributed by atoms with E-state index in [1.54, 1.807) is 12.1 Å². The molecule has 1 aliphatic carbocycles. The Kier molecular flexibility index (Phi) is 4.31. The zero-order valence-corrected chi connectivity index (χ0v) is 12.2. The number of benzene rings is 1. The van der Waals surface area contributed by atoms with Gasteiger partial charge in [0.15, 0.2) is 11.5 Å². The fraction of sp³-hybridized carbons (Fsp3) is 0.462. The van der Waals surface area contributed by atoms with Gasteiger partial charge in [0.2, 0.25) is 5.91 Å². The molecule has 1 saturated carbocycles. The van der Waals surface area contributed by atoms with E-state index in [9.17, 15) is 9.90 Å². The Hall–Kier alpha value is -1.27. The lowest BCUT2D eigenvalue weighted by Crippen LogP contribution is -2.34. The van der Waals surface area contributed by atoms with Crippen LogP contribution in [0.25, 0.3) is 0 Å². The van der Waals surface area contributed by atoms with Crippen LogP contribution in [0.15, 0.2) is 16.6 Å². The largest absolute Gasteiger partial charge is 0.503 e. The van der Waals surface area contributed by atoms with E-state index < -0.39 is 11.9 Å². The van der Waals surface area contributed by atoms with E-state index in [2.05, 4.69) is 21.2 Å². The van der Waals surface area contributed by atoms with Crippen molar-refractivity contribution in [3.05, 3.63) is 22.2 Å². The molecule has 0 aliphatic heterocycles. The van der Waals surface area contributed by atoms with Gasteiger partial charge >= 0.3 is 0 Å². The van der Waals surface area contributed by atoms with Gasteiger partial charge in [0.05, 0.1) is 11.6 Å². The molecule has 0 aromatic heterocycles. The van der Waals surface area contributed by atoms with Crippen LogP contribution in [0.2, 0.25) is 0 Å². The number of phenolic OH excluding ortho intramolecular Hbond substituents is 1. The van der Waals surface area contributed by atoms with Crippen molar-refractivity contribution in [2.24, 2.45) is 11.7 Å². The average molecular weight is 329 g/mol. The van der Waals surface area contributed by atoms with Crippen LogP contribution >= 0.6 is 15.9 Å². The standard InChI is InChI=1S/C13H17BrN2O3/c1-19-10-5-8(4-9(14)12(10)17)11(13(15)18)16-6-7-2-3-7/h4-5,7,11,16-17H,2-3,6H2,1H3,(H2,15,18). The number of rotatable bonds is 6. The summed E-state index contributed by atoms with van der Waals surface area (Å²) in [5.41, 5.74) is 6.11. The van der Waals surface area contributed by atoms with E-state index in [4.69, 9.17) is 10.5 Å². The van der Waals surface area contributed by atoms with Gasteiger partial charge in [0, 0.05) is 0 Å². The number of aromatic hydroxyl groups is 1. The molecule has 0 saturated heterocycles. The highest BCUT2D eigenvalue weighted by Crippen LogP contribution is 2.37. The molecule has 104 valence electrons. The van der Waals surface area contributed by atoms with Crippen LogP contribution in [0.3, 0.4) is 0 Å². The molecule has 1 amide bonds. The summed E-state index contributed by atoms with van der Waals surface area (Å²) in [4.78, 5) is 11.6.